The van der Waals surface area contributed by atoms with Gasteiger partial charge in [0, 0.05) is 17.5 Å². The van der Waals surface area contributed by atoms with E-state index in [0.717, 1.165) is 25.7 Å². The van der Waals surface area contributed by atoms with Crippen LogP contribution < -0.4 is 9.64 Å². The number of esters is 1. The zero-order chi connectivity index (χ0) is 27.7. The van der Waals surface area contributed by atoms with Crippen molar-refractivity contribution in [1.82, 2.24) is 4.90 Å². The highest BCUT2D eigenvalue weighted by molar-refractivity contribution is 8.02. The van der Waals surface area contributed by atoms with Gasteiger partial charge in [-0.3, -0.25) is 14.4 Å². The second-order valence-electron chi connectivity index (χ2n) is 10.9. The zero-order valence-corrected chi connectivity index (χ0v) is 23.6. The second kappa shape index (κ2) is 11.4. The molecule has 0 radical (unpaired) electrons. The predicted octanol–water partition coefficient (Wildman–Crippen LogP) is 3.59. The van der Waals surface area contributed by atoms with E-state index in [4.69, 9.17) is 9.47 Å². The van der Waals surface area contributed by atoms with Gasteiger partial charge in [-0.25, -0.2) is 0 Å². The predicted molar refractivity (Wildman–Crippen MR) is 150 cm³/mol. The summed E-state index contributed by atoms with van der Waals surface area (Å²) in [6.45, 7) is 4.40. The Labute approximate surface area is 234 Å². The molecule has 4 aliphatic heterocycles. The van der Waals surface area contributed by atoms with Gasteiger partial charge < -0.3 is 24.4 Å². The Morgan fingerprint density at radius 2 is 1.92 bits per heavy atom. The van der Waals surface area contributed by atoms with Gasteiger partial charge in [0.2, 0.25) is 5.91 Å². The summed E-state index contributed by atoms with van der Waals surface area (Å²) in [6, 6.07) is 5.87. The summed E-state index contributed by atoms with van der Waals surface area (Å²) in [5, 5.41) is 10.2. The molecule has 1 spiro atoms. The number of aliphatic hydroxyl groups excluding tert-OH is 1. The number of fused-ring (bicyclic) bond motifs is 2. The SMILES string of the molecule is CC[C@H](C)[C@H](CO)N1C(=O)[C@@H]2[C@@H]3C(=O)OCCCC/C=C\[C@@H]3S[C@@]23C=CCN(c2ccc(OC)cc2)C(=O)C13. The van der Waals surface area contributed by atoms with E-state index >= 15 is 0 Å². The molecular formula is C30H38N2O6S. The number of hydrogen-bond acceptors (Lipinski definition) is 7. The summed E-state index contributed by atoms with van der Waals surface area (Å²) >= 11 is 1.53. The number of thioether (sulfide) groups is 1. The molecule has 8 nitrogen and oxygen atoms in total. The number of ether oxygens (including phenoxy) is 2. The molecule has 1 N–H and O–H groups in total. The van der Waals surface area contributed by atoms with Crippen LogP contribution in [0.25, 0.3) is 0 Å². The summed E-state index contributed by atoms with van der Waals surface area (Å²) in [5.74, 6) is -1.67. The fourth-order valence-corrected chi connectivity index (χ4v) is 8.51. The monoisotopic (exact) mass is 554 g/mol. The lowest BCUT2D eigenvalue weighted by atomic mass is 9.78. The number of allylic oxidation sites excluding steroid dienone is 1. The third-order valence-corrected chi connectivity index (χ3v) is 10.5. The van der Waals surface area contributed by atoms with Gasteiger partial charge in [-0.2, -0.15) is 0 Å². The molecule has 2 saturated heterocycles. The van der Waals surface area contributed by atoms with Crippen LogP contribution in [-0.4, -0.2) is 76.7 Å². The number of cyclic esters (lactones) is 1. The molecule has 0 aromatic heterocycles. The van der Waals surface area contributed by atoms with E-state index in [2.05, 4.69) is 6.08 Å². The van der Waals surface area contributed by atoms with Crippen molar-refractivity contribution in [2.24, 2.45) is 17.8 Å². The first-order valence-corrected chi connectivity index (χ1v) is 14.8. The van der Waals surface area contributed by atoms with Gasteiger partial charge in [-0.1, -0.05) is 44.6 Å². The minimum absolute atomic E-state index is 0.0408. The number of carbonyl (C=O) groups excluding carboxylic acids is 3. The third-order valence-electron chi connectivity index (χ3n) is 8.77. The molecule has 7 atom stereocenters. The summed E-state index contributed by atoms with van der Waals surface area (Å²) in [5.41, 5.74) is 0.698. The van der Waals surface area contributed by atoms with E-state index in [1.54, 1.807) is 16.9 Å². The van der Waals surface area contributed by atoms with Crippen molar-refractivity contribution in [2.75, 3.05) is 31.8 Å². The molecule has 4 heterocycles. The zero-order valence-electron chi connectivity index (χ0n) is 22.8. The van der Waals surface area contributed by atoms with Crippen LogP contribution in [0.4, 0.5) is 5.69 Å². The topological polar surface area (TPSA) is 96.4 Å². The van der Waals surface area contributed by atoms with Crippen LogP contribution in [0.5, 0.6) is 5.75 Å². The summed E-state index contributed by atoms with van der Waals surface area (Å²) in [7, 11) is 1.59. The van der Waals surface area contributed by atoms with E-state index in [1.165, 1.54) is 11.8 Å². The van der Waals surface area contributed by atoms with Crippen molar-refractivity contribution >= 4 is 35.2 Å². The molecule has 2 amide bonds. The Balaban J connectivity index is 1.63. The van der Waals surface area contributed by atoms with E-state index in [9.17, 15) is 19.5 Å². The lowest BCUT2D eigenvalue weighted by molar-refractivity contribution is -0.153. The molecule has 0 saturated carbocycles. The number of hydrogen-bond donors (Lipinski definition) is 1. The third kappa shape index (κ3) is 4.67. The fourth-order valence-electron chi connectivity index (χ4n) is 6.52. The number of rotatable bonds is 6. The first kappa shape index (κ1) is 27.8. The lowest BCUT2D eigenvalue weighted by Gasteiger charge is -2.40. The Morgan fingerprint density at radius 3 is 2.62 bits per heavy atom. The molecule has 0 aliphatic carbocycles. The molecule has 1 aromatic rings. The van der Waals surface area contributed by atoms with Crippen LogP contribution >= 0.6 is 11.8 Å². The number of nitrogens with zero attached hydrogens (tertiary/aromatic N) is 2. The first-order valence-electron chi connectivity index (χ1n) is 13.9. The van der Waals surface area contributed by atoms with Gasteiger partial charge in [0.15, 0.2) is 0 Å². The highest BCUT2D eigenvalue weighted by Crippen LogP contribution is 2.61. The molecule has 1 unspecified atom stereocenters. The smallest absolute Gasteiger partial charge is 0.311 e. The second-order valence-corrected chi connectivity index (χ2v) is 12.4. The van der Waals surface area contributed by atoms with Crippen LogP contribution in [0.3, 0.4) is 0 Å². The quantitative estimate of drug-likeness (QED) is 0.424. The number of amides is 2. The summed E-state index contributed by atoms with van der Waals surface area (Å²) < 4.78 is 10.0. The number of aliphatic hydroxyl groups is 1. The van der Waals surface area contributed by atoms with E-state index < -0.39 is 28.7 Å². The number of carbonyl (C=O) groups is 3. The van der Waals surface area contributed by atoms with Gasteiger partial charge in [-0.15, -0.1) is 11.8 Å². The average Bonchev–Trinajstić information content (AvgIpc) is 3.34. The molecule has 210 valence electrons. The van der Waals surface area contributed by atoms with Crippen LogP contribution in [0, 0.1) is 17.8 Å². The first-order chi connectivity index (χ1) is 18.9. The fraction of sp³-hybridized carbons (Fsp3) is 0.567. The van der Waals surface area contributed by atoms with Gasteiger partial charge >= 0.3 is 5.97 Å². The molecule has 1 aromatic carbocycles. The normalized spacial score (nSPS) is 33.0. The maximum absolute atomic E-state index is 14.6. The van der Waals surface area contributed by atoms with Gasteiger partial charge in [0.05, 0.1) is 42.9 Å². The maximum atomic E-state index is 14.6. The van der Waals surface area contributed by atoms with E-state index in [1.807, 2.05) is 56.3 Å². The molecule has 0 bridgehead atoms. The highest BCUT2D eigenvalue weighted by Gasteiger charge is 2.72. The summed E-state index contributed by atoms with van der Waals surface area (Å²) in [6.07, 6.45) is 11.4. The standard InChI is InChI=1S/C30H38N2O6S/c1-4-19(2)22(18-33)32-26-28(35)31(20-11-13-21(37-3)14-12-20)16-9-15-30(26)25(27(32)34)24-23(39-30)10-7-5-6-8-17-38-29(24)36/h7,9-15,19,22-26,33H,4-6,8,16-18H2,1-3H3/b10-7-/t19-,22-,23-,24+,25-,26?,30-/m0/s1. The van der Waals surface area contributed by atoms with E-state index in [-0.39, 0.29) is 35.6 Å². The molecule has 9 heteroatoms. The van der Waals surface area contributed by atoms with Crippen molar-refractivity contribution in [3.8, 4) is 5.75 Å². The van der Waals surface area contributed by atoms with Crippen molar-refractivity contribution in [1.29, 1.82) is 0 Å². The van der Waals surface area contributed by atoms with Gasteiger partial charge in [0.25, 0.3) is 5.91 Å². The highest BCUT2D eigenvalue weighted by atomic mass is 32.2. The van der Waals surface area contributed by atoms with Crippen LogP contribution in [0.2, 0.25) is 0 Å². The number of likely N-dealkylation sites (tertiary alicyclic amines) is 1. The average molecular weight is 555 g/mol. The Hall–Kier alpha value is -2.78. The molecule has 2 fully saturated rings. The van der Waals surface area contributed by atoms with Gasteiger partial charge in [0.1, 0.15) is 11.8 Å². The van der Waals surface area contributed by atoms with Crippen molar-refractivity contribution in [2.45, 2.75) is 61.6 Å². The van der Waals surface area contributed by atoms with Crippen LogP contribution in [0.15, 0.2) is 48.6 Å². The van der Waals surface area contributed by atoms with E-state index in [0.29, 0.717) is 24.6 Å². The molecular weight excluding hydrogens is 516 g/mol. The Bertz CT molecular complexity index is 1150. The van der Waals surface area contributed by atoms with Crippen molar-refractivity contribution < 1.29 is 29.0 Å². The largest absolute Gasteiger partial charge is 0.497 e. The lowest BCUT2D eigenvalue weighted by Crippen LogP contribution is -2.58. The maximum Gasteiger partial charge on any atom is 0.311 e. The molecule has 4 aliphatic rings. The summed E-state index contributed by atoms with van der Waals surface area (Å²) in [4.78, 5) is 45.8. The Morgan fingerprint density at radius 1 is 1.15 bits per heavy atom. The minimum Gasteiger partial charge on any atom is -0.497 e. The van der Waals surface area contributed by atoms with Crippen molar-refractivity contribution in [3.63, 3.8) is 0 Å². The molecule has 5 rings (SSSR count). The Kier molecular flexibility index (Phi) is 8.10. The van der Waals surface area contributed by atoms with Crippen LogP contribution in [0.1, 0.15) is 39.5 Å². The number of methoxy groups -OCH3 is 1. The minimum atomic E-state index is -0.955. The number of anilines is 1. The van der Waals surface area contributed by atoms with Crippen molar-refractivity contribution in [3.05, 3.63) is 48.6 Å². The van der Waals surface area contributed by atoms with Crippen LogP contribution in [-0.2, 0) is 19.1 Å². The van der Waals surface area contributed by atoms with Gasteiger partial charge in [-0.05, 0) is 49.4 Å². The number of benzene rings is 1. The molecule has 39 heavy (non-hydrogen) atoms.